The van der Waals surface area contributed by atoms with Gasteiger partial charge in [-0.15, -0.1) is 12.6 Å². The third-order valence-electron chi connectivity index (χ3n) is 2.19. The van der Waals surface area contributed by atoms with E-state index in [1.807, 2.05) is 0 Å². The third kappa shape index (κ3) is 4.75. The lowest BCUT2D eigenvalue weighted by atomic mass is 10.2. The number of carboxylic acid groups (broad SMARTS) is 1. The Kier molecular flexibility index (Phi) is 5.77. The van der Waals surface area contributed by atoms with Crippen molar-refractivity contribution in [3.05, 3.63) is 30.1 Å². The van der Waals surface area contributed by atoms with E-state index in [0.29, 0.717) is 5.69 Å². The number of benzene rings is 1. The summed E-state index contributed by atoms with van der Waals surface area (Å²) in [5.41, 5.74) is 0.465. The van der Waals surface area contributed by atoms with Gasteiger partial charge >= 0.3 is 5.97 Å². The van der Waals surface area contributed by atoms with Crippen molar-refractivity contribution in [3.8, 4) is 0 Å². The Balaban J connectivity index is 2.69. The number of rotatable bonds is 6. The molecule has 0 heterocycles. The summed E-state index contributed by atoms with van der Waals surface area (Å²) in [6, 6.07) is 4.31. The molecule has 7 heteroatoms. The van der Waals surface area contributed by atoms with E-state index in [2.05, 4.69) is 17.9 Å². The fourth-order valence-corrected chi connectivity index (χ4v) is 2.32. The minimum Gasteiger partial charge on any atom is -0.615 e. The van der Waals surface area contributed by atoms with Gasteiger partial charge in [0.15, 0.2) is 10.6 Å². The SMILES string of the molecule is CC(S)[S+]([O-])C[C@H](Nc1ccc(F)cc1)C(=O)O. The molecule has 4 nitrogen and oxygen atoms in total. The number of halogens is 1. The smallest absolute Gasteiger partial charge is 0.331 e. The molecule has 0 amide bonds. The number of hydrogen-bond donors (Lipinski definition) is 3. The molecule has 0 aliphatic carbocycles. The number of aliphatic carboxylic acids is 1. The van der Waals surface area contributed by atoms with Gasteiger partial charge in [-0.1, -0.05) is 0 Å². The third-order valence-corrected chi connectivity index (χ3v) is 4.32. The van der Waals surface area contributed by atoms with Crippen LogP contribution in [0.1, 0.15) is 6.92 Å². The van der Waals surface area contributed by atoms with Gasteiger partial charge in [0.1, 0.15) is 11.6 Å². The molecule has 1 rings (SSSR count). The highest BCUT2D eigenvalue weighted by Crippen LogP contribution is 2.13. The van der Waals surface area contributed by atoms with Crippen LogP contribution in [0, 0.1) is 5.82 Å². The molecular formula is C11H14FNO3S2. The Morgan fingerprint density at radius 3 is 2.56 bits per heavy atom. The van der Waals surface area contributed by atoms with Crippen molar-refractivity contribution < 1.29 is 18.8 Å². The molecule has 0 fully saturated rings. The quantitative estimate of drug-likeness (QED) is 0.551. The zero-order chi connectivity index (χ0) is 13.7. The molecule has 0 radical (unpaired) electrons. The topological polar surface area (TPSA) is 72.4 Å². The molecule has 2 N–H and O–H groups in total. The predicted octanol–water partition coefficient (Wildman–Crippen LogP) is 1.72. The second kappa shape index (κ2) is 6.86. The molecule has 2 unspecified atom stereocenters. The summed E-state index contributed by atoms with van der Waals surface area (Å²) in [5, 5.41) is 11.7. The van der Waals surface area contributed by atoms with Crippen molar-refractivity contribution in [2.75, 3.05) is 11.1 Å². The summed E-state index contributed by atoms with van der Waals surface area (Å²) >= 11 is 2.65. The lowest BCUT2D eigenvalue weighted by molar-refractivity contribution is -0.137. The largest absolute Gasteiger partial charge is 0.615 e. The fourth-order valence-electron chi connectivity index (χ4n) is 1.23. The minimum absolute atomic E-state index is 0.0582. The van der Waals surface area contributed by atoms with Crippen molar-refractivity contribution in [2.45, 2.75) is 17.5 Å². The number of nitrogens with one attached hydrogen (secondary N) is 1. The molecule has 1 aromatic carbocycles. The van der Waals surface area contributed by atoms with E-state index in [4.69, 9.17) is 5.11 Å². The number of hydrogen-bond acceptors (Lipinski definition) is 4. The summed E-state index contributed by atoms with van der Waals surface area (Å²) in [6.07, 6.45) is 0. The molecule has 0 saturated heterocycles. The standard InChI is InChI=1S/C11H14FNO3S2/c1-7(17)18(16)6-10(11(14)15)13-9-4-2-8(12)3-5-9/h2-5,7,10,13,17H,6H2,1H3,(H,14,15)/t7?,10-,18?/m0/s1. The van der Waals surface area contributed by atoms with Gasteiger partial charge in [0, 0.05) is 5.69 Å². The van der Waals surface area contributed by atoms with Gasteiger partial charge in [0.25, 0.3) is 0 Å². The molecule has 3 atom stereocenters. The molecule has 100 valence electrons. The Bertz CT molecular complexity index is 400. The van der Waals surface area contributed by atoms with Crippen molar-refractivity contribution in [1.82, 2.24) is 0 Å². The summed E-state index contributed by atoms with van der Waals surface area (Å²) in [7, 11) is 0. The Morgan fingerprint density at radius 1 is 1.56 bits per heavy atom. The molecular weight excluding hydrogens is 277 g/mol. The zero-order valence-electron chi connectivity index (χ0n) is 9.67. The zero-order valence-corrected chi connectivity index (χ0v) is 11.4. The maximum atomic E-state index is 12.7. The van der Waals surface area contributed by atoms with Gasteiger partial charge in [-0.2, -0.15) is 0 Å². The van der Waals surface area contributed by atoms with Gasteiger partial charge in [-0.3, -0.25) is 0 Å². The van der Waals surface area contributed by atoms with Crippen LogP contribution >= 0.6 is 12.6 Å². The predicted molar refractivity (Wildman–Crippen MR) is 72.9 cm³/mol. The summed E-state index contributed by atoms with van der Waals surface area (Å²) in [5.74, 6) is -1.57. The first-order chi connectivity index (χ1) is 8.40. The molecule has 0 aliphatic rings. The molecule has 0 aromatic heterocycles. The molecule has 0 aliphatic heterocycles. The van der Waals surface area contributed by atoms with E-state index >= 15 is 0 Å². The Labute approximate surface area is 113 Å². The lowest BCUT2D eigenvalue weighted by Gasteiger charge is -2.20. The van der Waals surface area contributed by atoms with Crippen LogP contribution in [-0.4, -0.2) is 32.0 Å². The minimum atomic E-state index is -1.35. The van der Waals surface area contributed by atoms with Gasteiger partial charge < -0.3 is 15.0 Å². The van der Waals surface area contributed by atoms with Gasteiger partial charge in [0.2, 0.25) is 0 Å². The van der Waals surface area contributed by atoms with Gasteiger partial charge in [-0.05, 0) is 42.4 Å². The number of carboxylic acids is 1. The van der Waals surface area contributed by atoms with Crippen LogP contribution in [0.3, 0.4) is 0 Å². The van der Waals surface area contributed by atoms with E-state index < -0.39 is 33.6 Å². The van der Waals surface area contributed by atoms with Gasteiger partial charge in [0.05, 0.1) is 0 Å². The summed E-state index contributed by atoms with van der Waals surface area (Å²) in [4.78, 5) is 11.0. The second-order valence-corrected chi connectivity index (χ2v) is 6.61. The fraction of sp³-hybridized carbons (Fsp3) is 0.364. The van der Waals surface area contributed by atoms with Crippen molar-refractivity contribution >= 4 is 35.5 Å². The van der Waals surface area contributed by atoms with E-state index in [-0.39, 0.29) is 5.75 Å². The van der Waals surface area contributed by atoms with Crippen LogP contribution in [-0.2, 0) is 16.0 Å². The molecule has 0 spiro atoms. The second-order valence-electron chi connectivity index (χ2n) is 3.69. The average Bonchev–Trinajstić information content (AvgIpc) is 2.30. The highest BCUT2D eigenvalue weighted by Gasteiger charge is 2.26. The molecule has 0 bridgehead atoms. The molecule has 0 saturated carbocycles. The monoisotopic (exact) mass is 291 g/mol. The van der Waals surface area contributed by atoms with Crippen molar-refractivity contribution in [2.24, 2.45) is 0 Å². The first kappa shape index (κ1) is 15.1. The van der Waals surface area contributed by atoms with Crippen molar-refractivity contribution in [1.29, 1.82) is 0 Å². The normalized spacial score (nSPS) is 15.8. The first-order valence-electron chi connectivity index (χ1n) is 5.20. The molecule has 18 heavy (non-hydrogen) atoms. The number of anilines is 1. The van der Waals surface area contributed by atoms with Crippen LogP contribution < -0.4 is 5.32 Å². The Hall–Kier alpha value is -0.920. The summed E-state index contributed by atoms with van der Waals surface area (Å²) in [6.45, 7) is 1.63. The first-order valence-corrected chi connectivity index (χ1v) is 7.10. The van der Waals surface area contributed by atoms with Crippen LogP contribution in [0.4, 0.5) is 10.1 Å². The Morgan fingerprint density at radius 2 is 2.11 bits per heavy atom. The van der Waals surface area contributed by atoms with Crippen LogP contribution in [0.25, 0.3) is 0 Å². The average molecular weight is 291 g/mol. The number of thiol groups is 1. The van der Waals surface area contributed by atoms with E-state index in [0.717, 1.165) is 0 Å². The lowest BCUT2D eigenvalue weighted by Crippen LogP contribution is -2.38. The summed E-state index contributed by atoms with van der Waals surface area (Å²) < 4.78 is 23.9. The number of carbonyl (C=O) groups is 1. The van der Waals surface area contributed by atoms with Crippen LogP contribution in [0.2, 0.25) is 0 Å². The molecule has 1 aromatic rings. The highest BCUT2D eigenvalue weighted by atomic mass is 32.2. The van der Waals surface area contributed by atoms with E-state index in [9.17, 15) is 13.7 Å². The van der Waals surface area contributed by atoms with E-state index in [1.54, 1.807) is 6.92 Å². The van der Waals surface area contributed by atoms with Crippen molar-refractivity contribution in [3.63, 3.8) is 0 Å². The van der Waals surface area contributed by atoms with Crippen LogP contribution in [0.5, 0.6) is 0 Å². The maximum absolute atomic E-state index is 12.7. The highest BCUT2D eigenvalue weighted by molar-refractivity contribution is 8.04. The van der Waals surface area contributed by atoms with E-state index in [1.165, 1.54) is 24.3 Å². The van der Waals surface area contributed by atoms with Gasteiger partial charge in [-0.25, -0.2) is 9.18 Å². The maximum Gasteiger partial charge on any atom is 0.331 e. The van der Waals surface area contributed by atoms with Crippen LogP contribution in [0.15, 0.2) is 24.3 Å².